The van der Waals surface area contributed by atoms with Gasteiger partial charge < -0.3 is 20.7 Å². The molecule has 0 aromatic heterocycles. The number of methoxy groups -OCH3 is 1. The van der Waals surface area contributed by atoms with E-state index in [1.807, 2.05) is 38.1 Å². The Morgan fingerprint density at radius 2 is 2.00 bits per heavy atom. The topological polar surface area (TPSA) is 84.7 Å². The number of hydrogen-bond acceptors (Lipinski definition) is 4. The predicted octanol–water partition coefficient (Wildman–Crippen LogP) is 2.89. The maximum Gasteiger partial charge on any atom is 0.229 e. The summed E-state index contributed by atoms with van der Waals surface area (Å²) in [6.07, 6.45) is 0.171. The Morgan fingerprint density at radius 3 is 2.73 bits per heavy atom. The van der Waals surface area contributed by atoms with Crippen molar-refractivity contribution in [3.8, 4) is 5.75 Å². The highest BCUT2D eigenvalue weighted by molar-refractivity contribution is 6.04. The van der Waals surface area contributed by atoms with Crippen LogP contribution in [0.1, 0.15) is 17.5 Å². The molecule has 3 rings (SSSR count). The lowest BCUT2D eigenvalue weighted by atomic mass is 10.1. The molecule has 2 amide bonds. The Labute approximate surface area is 152 Å². The van der Waals surface area contributed by atoms with E-state index >= 15 is 0 Å². The molecule has 2 aromatic carbocycles. The third-order valence-electron chi connectivity index (χ3n) is 4.64. The molecule has 6 nitrogen and oxygen atoms in total. The van der Waals surface area contributed by atoms with Gasteiger partial charge in [0, 0.05) is 24.3 Å². The molecule has 1 saturated heterocycles. The van der Waals surface area contributed by atoms with Gasteiger partial charge in [0.15, 0.2) is 0 Å². The van der Waals surface area contributed by atoms with Gasteiger partial charge in [-0.1, -0.05) is 12.1 Å². The summed E-state index contributed by atoms with van der Waals surface area (Å²) in [5, 5.41) is 2.90. The fourth-order valence-electron chi connectivity index (χ4n) is 3.14. The minimum Gasteiger partial charge on any atom is -0.495 e. The zero-order valence-corrected chi connectivity index (χ0v) is 15.2. The maximum atomic E-state index is 12.7. The van der Waals surface area contributed by atoms with Gasteiger partial charge in [0.25, 0.3) is 0 Å². The summed E-state index contributed by atoms with van der Waals surface area (Å²) in [4.78, 5) is 26.8. The molecule has 1 aliphatic heterocycles. The summed E-state index contributed by atoms with van der Waals surface area (Å²) < 4.78 is 5.37. The van der Waals surface area contributed by atoms with E-state index in [0.29, 0.717) is 29.4 Å². The average Bonchev–Trinajstić information content (AvgIpc) is 3.00. The Bertz CT molecular complexity index is 863. The fourth-order valence-corrected chi connectivity index (χ4v) is 3.14. The van der Waals surface area contributed by atoms with Gasteiger partial charge in [-0.2, -0.15) is 0 Å². The zero-order valence-electron chi connectivity index (χ0n) is 15.2. The van der Waals surface area contributed by atoms with Crippen molar-refractivity contribution in [2.75, 3.05) is 29.6 Å². The van der Waals surface area contributed by atoms with Gasteiger partial charge in [0.05, 0.1) is 18.7 Å². The second kappa shape index (κ2) is 7.07. The van der Waals surface area contributed by atoms with Gasteiger partial charge in [-0.25, -0.2) is 0 Å². The zero-order chi connectivity index (χ0) is 18.8. The highest BCUT2D eigenvalue weighted by Crippen LogP contribution is 2.34. The lowest BCUT2D eigenvalue weighted by Crippen LogP contribution is -2.28. The molecule has 6 heteroatoms. The minimum absolute atomic E-state index is 0.0849. The number of carbonyl (C=O) groups is 2. The van der Waals surface area contributed by atoms with Gasteiger partial charge in [0.1, 0.15) is 5.75 Å². The second-order valence-corrected chi connectivity index (χ2v) is 6.64. The molecule has 26 heavy (non-hydrogen) atoms. The van der Waals surface area contributed by atoms with Gasteiger partial charge >= 0.3 is 0 Å². The number of rotatable bonds is 4. The number of carbonyl (C=O) groups excluding carboxylic acids is 2. The molecule has 0 aliphatic carbocycles. The number of ether oxygens (including phenoxy) is 1. The molecular weight excluding hydrogens is 330 g/mol. The third kappa shape index (κ3) is 3.49. The standard InChI is InChI=1S/C20H23N3O3/c1-12-4-7-18(26-3)17(8-12)23-11-14(9-19(23)24)20(25)22-16-10-15(21)6-5-13(16)2/h4-8,10,14H,9,11,21H2,1-3H3,(H,22,25). The van der Waals surface area contributed by atoms with E-state index in [1.165, 1.54) is 0 Å². The highest BCUT2D eigenvalue weighted by Gasteiger charge is 2.36. The van der Waals surface area contributed by atoms with E-state index in [1.54, 1.807) is 24.1 Å². The molecular formula is C20H23N3O3. The molecule has 1 fully saturated rings. The van der Waals surface area contributed by atoms with Gasteiger partial charge in [-0.3, -0.25) is 9.59 Å². The Hall–Kier alpha value is -3.02. The van der Waals surface area contributed by atoms with Crippen LogP contribution in [0.15, 0.2) is 36.4 Å². The summed E-state index contributed by atoms with van der Waals surface area (Å²) in [5.41, 5.74) is 9.71. The van der Waals surface area contributed by atoms with Crippen LogP contribution in [0, 0.1) is 19.8 Å². The lowest BCUT2D eigenvalue weighted by Gasteiger charge is -2.20. The Morgan fingerprint density at radius 1 is 1.23 bits per heavy atom. The van der Waals surface area contributed by atoms with Crippen molar-refractivity contribution in [1.29, 1.82) is 0 Å². The van der Waals surface area contributed by atoms with Crippen molar-refractivity contribution in [3.05, 3.63) is 47.5 Å². The summed E-state index contributed by atoms with van der Waals surface area (Å²) in [5.74, 6) is -0.0650. The van der Waals surface area contributed by atoms with Crippen molar-refractivity contribution in [1.82, 2.24) is 0 Å². The van der Waals surface area contributed by atoms with E-state index in [0.717, 1.165) is 11.1 Å². The summed E-state index contributed by atoms with van der Waals surface area (Å²) in [6, 6.07) is 11.0. The first-order valence-electron chi connectivity index (χ1n) is 8.51. The summed E-state index contributed by atoms with van der Waals surface area (Å²) in [6.45, 7) is 4.18. The van der Waals surface area contributed by atoms with Crippen LogP contribution in [0.25, 0.3) is 0 Å². The number of nitrogen functional groups attached to an aromatic ring is 1. The summed E-state index contributed by atoms with van der Waals surface area (Å²) in [7, 11) is 1.57. The molecule has 1 aliphatic rings. The van der Waals surface area contributed by atoms with Crippen molar-refractivity contribution in [2.24, 2.45) is 5.92 Å². The van der Waals surface area contributed by atoms with Crippen LogP contribution < -0.4 is 20.7 Å². The molecule has 0 bridgehead atoms. The van der Waals surface area contributed by atoms with E-state index in [4.69, 9.17) is 10.5 Å². The van der Waals surface area contributed by atoms with E-state index in [-0.39, 0.29) is 18.2 Å². The second-order valence-electron chi connectivity index (χ2n) is 6.64. The first kappa shape index (κ1) is 17.8. The molecule has 1 atom stereocenters. The quantitative estimate of drug-likeness (QED) is 0.828. The van der Waals surface area contributed by atoms with Crippen molar-refractivity contribution in [3.63, 3.8) is 0 Å². The molecule has 0 spiro atoms. The van der Waals surface area contributed by atoms with Crippen LogP contribution in [0.4, 0.5) is 17.1 Å². The normalized spacial score (nSPS) is 16.7. The fraction of sp³-hybridized carbons (Fsp3) is 0.300. The van der Waals surface area contributed by atoms with E-state index in [9.17, 15) is 9.59 Å². The van der Waals surface area contributed by atoms with Crippen LogP contribution >= 0.6 is 0 Å². The van der Waals surface area contributed by atoms with Crippen LogP contribution in [0.5, 0.6) is 5.75 Å². The van der Waals surface area contributed by atoms with Crippen LogP contribution in [0.3, 0.4) is 0 Å². The largest absolute Gasteiger partial charge is 0.495 e. The molecule has 0 saturated carbocycles. The van der Waals surface area contributed by atoms with Crippen LogP contribution in [0.2, 0.25) is 0 Å². The third-order valence-corrected chi connectivity index (χ3v) is 4.64. The monoisotopic (exact) mass is 353 g/mol. The molecule has 1 unspecified atom stereocenters. The van der Waals surface area contributed by atoms with Gasteiger partial charge in [-0.15, -0.1) is 0 Å². The number of hydrogen-bond donors (Lipinski definition) is 2. The highest BCUT2D eigenvalue weighted by atomic mass is 16.5. The maximum absolute atomic E-state index is 12.7. The van der Waals surface area contributed by atoms with Crippen molar-refractivity contribution < 1.29 is 14.3 Å². The summed E-state index contributed by atoms with van der Waals surface area (Å²) >= 11 is 0. The number of amides is 2. The smallest absolute Gasteiger partial charge is 0.229 e. The van der Waals surface area contributed by atoms with Gasteiger partial charge in [0.2, 0.25) is 11.8 Å². The molecule has 136 valence electrons. The van der Waals surface area contributed by atoms with E-state index in [2.05, 4.69) is 5.32 Å². The number of benzene rings is 2. The Kier molecular flexibility index (Phi) is 4.84. The van der Waals surface area contributed by atoms with Crippen molar-refractivity contribution >= 4 is 28.9 Å². The molecule has 3 N–H and O–H groups in total. The molecule has 1 heterocycles. The minimum atomic E-state index is -0.423. The number of nitrogens with zero attached hydrogens (tertiary/aromatic N) is 1. The first-order chi connectivity index (χ1) is 12.4. The SMILES string of the molecule is COc1ccc(C)cc1N1CC(C(=O)Nc2cc(N)ccc2C)CC1=O. The molecule has 2 aromatic rings. The van der Waals surface area contributed by atoms with Crippen LogP contribution in [-0.4, -0.2) is 25.5 Å². The average molecular weight is 353 g/mol. The number of aryl methyl sites for hydroxylation is 2. The first-order valence-corrected chi connectivity index (χ1v) is 8.51. The lowest BCUT2D eigenvalue weighted by molar-refractivity contribution is -0.122. The predicted molar refractivity (Wildman–Crippen MR) is 102 cm³/mol. The van der Waals surface area contributed by atoms with Crippen LogP contribution in [-0.2, 0) is 9.59 Å². The number of nitrogens with one attached hydrogen (secondary N) is 1. The van der Waals surface area contributed by atoms with E-state index < -0.39 is 5.92 Å². The Balaban J connectivity index is 1.78. The van der Waals surface area contributed by atoms with Gasteiger partial charge in [-0.05, 0) is 49.2 Å². The molecule has 0 radical (unpaired) electrons. The number of anilines is 3. The number of nitrogens with two attached hydrogens (primary N) is 1. The van der Waals surface area contributed by atoms with Crippen molar-refractivity contribution in [2.45, 2.75) is 20.3 Å².